The van der Waals surface area contributed by atoms with Crippen molar-refractivity contribution < 1.29 is 23.1 Å². The predicted molar refractivity (Wildman–Crippen MR) is 70.1 cm³/mol. The first-order valence-electron chi connectivity index (χ1n) is 4.98. The summed E-state index contributed by atoms with van der Waals surface area (Å²) in [6.45, 7) is -0.394. The Balaban J connectivity index is 2.86. The molecule has 6 nitrogen and oxygen atoms in total. The molecule has 1 rings (SSSR count). The maximum atomic E-state index is 11.9. The summed E-state index contributed by atoms with van der Waals surface area (Å²) in [6, 6.07) is 3.78. The molecule has 1 aromatic rings. The van der Waals surface area contributed by atoms with E-state index in [1.165, 1.54) is 25.3 Å². The number of carboxylic acids is 1. The number of methoxy groups -OCH3 is 1. The van der Waals surface area contributed by atoms with Gasteiger partial charge < -0.3 is 9.84 Å². The van der Waals surface area contributed by atoms with E-state index < -0.39 is 28.6 Å². The SMILES string of the molecule is COC(CNS(=O)(=O)c1ccc(Cl)c(Cl)c1)C(=O)O. The lowest BCUT2D eigenvalue weighted by Gasteiger charge is -2.12. The fourth-order valence-corrected chi connectivity index (χ4v) is 2.60. The molecule has 0 aliphatic rings. The van der Waals surface area contributed by atoms with Gasteiger partial charge in [-0.25, -0.2) is 17.9 Å². The van der Waals surface area contributed by atoms with E-state index in [2.05, 4.69) is 9.46 Å². The summed E-state index contributed by atoms with van der Waals surface area (Å²) in [5, 5.41) is 9.03. The Bertz CT molecular complexity index is 575. The van der Waals surface area contributed by atoms with Crippen LogP contribution in [-0.2, 0) is 19.6 Å². The Kier molecular flexibility index (Phi) is 5.57. The molecule has 0 aliphatic carbocycles. The van der Waals surface area contributed by atoms with Crippen molar-refractivity contribution in [2.75, 3.05) is 13.7 Å². The summed E-state index contributed by atoms with van der Waals surface area (Å²) in [5.74, 6) is -1.26. The molecule has 0 amide bonds. The highest BCUT2D eigenvalue weighted by molar-refractivity contribution is 7.89. The molecule has 0 bridgehead atoms. The van der Waals surface area contributed by atoms with Crippen LogP contribution in [0.3, 0.4) is 0 Å². The van der Waals surface area contributed by atoms with Crippen molar-refractivity contribution in [2.24, 2.45) is 0 Å². The molecule has 0 saturated carbocycles. The van der Waals surface area contributed by atoms with Crippen LogP contribution in [0.25, 0.3) is 0 Å². The van der Waals surface area contributed by atoms with Crippen molar-refractivity contribution in [3.05, 3.63) is 28.2 Å². The van der Waals surface area contributed by atoms with Crippen LogP contribution in [0.1, 0.15) is 0 Å². The van der Waals surface area contributed by atoms with E-state index in [0.717, 1.165) is 0 Å². The summed E-state index contributed by atoms with van der Waals surface area (Å²) in [4.78, 5) is 10.6. The lowest BCUT2D eigenvalue weighted by molar-refractivity contribution is -0.147. The third kappa shape index (κ3) is 4.32. The molecule has 0 aromatic heterocycles. The number of hydrogen-bond acceptors (Lipinski definition) is 4. The molecule has 1 atom stereocenters. The van der Waals surface area contributed by atoms with Crippen LogP contribution in [0, 0.1) is 0 Å². The van der Waals surface area contributed by atoms with Gasteiger partial charge >= 0.3 is 5.97 Å². The van der Waals surface area contributed by atoms with Gasteiger partial charge in [0, 0.05) is 13.7 Å². The highest BCUT2D eigenvalue weighted by Gasteiger charge is 2.21. The van der Waals surface area contributed by atoms with Gasteiger partial charge in [0.25, 0.3) is 0 Å². The van der Waals surface area contributed by atoms with Gasteiger partial charge in [-0.15, -0.1) is 0 Å². The van der Waals surface area contributed by atoms with Crippen LogP contribution in [0.2, 0.25) is 10.0 Å². The molecule has 106 valence electrons. The molecule has 0 aliphatic heterocycles. The molecule has 2 N–H and O–H groups in total. The number of carbonyl (C=O) groups is 1. The molecule has 0 heterocycles. The summed E-state index contributed by atoms with van der Waals surface area (Å²) in [5.41, 5.74) is 0. The van der Waals surface area contributed by atoms with E-state index in [4.69, 9.17) is 28.3 Å². The molecular weight excluding hydrogens is 317 g/mol. The van der Waals surface area contributed by atoms with Gasteiger partial charge in [0.2, 0.25) is 10.0 Å². The van der Waals surface area contributed by atoms with Gasteiger partial charge in [-0.2, -0.15) is 0 Å². The summed E-state index contributed by atoms with van der Waals surface area (Å²) < 4.78 is 30.5. The molecule has 0 spiro atoms. The van der Waals surface area contributed by atoms with Crippen molar-refractivity contribution in [1.29, 1.82) is 0 Å². The largest absolute Gasteiger partial charge is 0.479 e. The van der Waals surface area contributed by atoms with Crippen LogP contribution in [0.4, 0.5) is 0 Å². The standard InChI is InChI=1S/C10H11Cl2NO5S/c1-18-9(10(14)15)5-13-19(16,17)6-2-3-7(11)8(12)4-6/h2-4,9,13H,5H2,1H3,(H,14,15). The number of benzene rings is 1. The van der Waals surface area contributed by atoms with Crippen LogP contribution < -0.4 is 4.72 Å². The monoisotopic (exact) mass is 327 g/mol. The summed E-state index contributed by atoms with van der Waals surface area (Å²) >= 11 is 11.4. The Labute approximate surface area is 120 Å². The minimum Gasteiger partial charge on any atom is -0.479 e. The summed E-state index contributed by atoms with van der Waals surface area (Å²) in [6.07, 6.45) is -1.27. The Morgan fingerprint density at radius 3 is 2.53 bits per heavy atom. The highest BCUT2D eigenvalue weighted by Crippen LogP contribution is 2.24. The number of halogens is 2. The second-order valence-electron chi connectivity index (χ2n) is 3.49. The van der Waals surface area contributed by atoms with Crippen molar-refractivity contribution in [1.82, 2.24) is 4.72 Å². The van der Waals surface area contributed by atoms with E-state index in [0.29, 0.717) is 0 Å². The normalized spacial score (nSPS) is 13.2. The molecular formula is C10H11Cl2NO5S. The van der Waals surface area contributed by atoms with E-state index in [-0.39, 0.29) is 14.9 Å². The molecule has 1 unspecified atom stereocenters. The first kappa shape index (κ1) is 16.2. The third-order valence-electron chi connectivity index (χ3n) is 2.22. The third-order valence-corrected chi connectivity index (χ3v) is 4.38. The van der Waals surface area contributed by atoms with Crippen LogP contribution in [0.5, 0.6) is 0 Å². The Morgan fingerprint density at radius 2 is 2.05 bits per heavy atom. The fraction of sp³-hybridized carbons (Fsp3) is 0.300. The topological polar surface area (TPSA) is 92.7 Å². The minimum atomic E-state index is -3.87. The van der Waals surface area contributed by atoms with Gasteiger partial charge in [0.05, 0.1) is 14.9 Å². The second kappa shape index (κ2) is 6.53. The van der Waals surface area contributed by atoms with Gasteiger partial charge in [-0.3, -0.25) is 0 Å². The molecule has 0 radical (unpaired) electrons. The van der Waals surface area contributed by atoms with E-state index in [9.17, 15) is 13.2 Å². The second-order valence-corrected chi connectivity index (χ2v) is 6.07. The molecule has 9 heteroatoms. The van der Waals surface area contributed by atoms with E-state index in [1.54, 1.807) is 0 Å². The molecule has 0 fully saturated rings. The fourth-order valence-electron chi connectivity index (χ4n) is 1.18. The van der Waals surface area contributed by atoms with Crippen molar-refractivity contribution in [3.63, 3.8) is 0 Å². The number of sulfonamides is 1. The number of ether oxygens (including phenoxy) is 1. The maximum Gasteiger partial charge on any atom is 0.334 e. The highest BCUT2D eigenvalue weighted by atomic mass is 35.5. The zero-order chi connectivity index (χ0) is 14.6. The average molecular weight is 328 g/mol. The zero-order valence-electron chi connectivity index (χ0n) is 9.76. The van der Waals surface area contributed by atoms with Gasteiger partial charge in [0.15, 0.2) is 6.10 Å². The molecule has 19 heavy (non-hydrogen) atoms. The first-order valence-corrected chi connectivity index (χ1v) is 7.22. The Hall–Kier alpha value is -0.860. The predicted octanol–water partition coefficient (Wildman–Crippen LogP) is 1.37. The van der Waals surface area contributed by atoms with E-state index >= 15 is 0 Å². The van der Waals surface area contributed by atoms with Crippen LogP contribution in [-0.4, -0.2) is 39.3 Å². The van der Waals surface area contributed by atoms with Crippen LogP contribution in [0.15, 0.2) is 23.1 Å². The number of nitrogens with one attached hydrogen (secondary N) is 1. The molecule has 0 saturated heterocycles. The van der Waals surface area contributed by atoms with Gasteiger partial charge in [-0.1, -0.05) is 23.2 Å². The number of hydrogen-bond donors (Lipinski definition) is 2. The summed E-state index contributed by atoms with van der Waals surface area (Å²) in [7, 11) is -2.70. The quantitative estimate of drug-likeness (QED) is 0.823. The molecule has 1 aromatic carbocycles. The lowest BCUT2D eigenvalue weighted by atomic mass is 10.4. The van der Waals surface area contributed by atoms with Crippen LogP contribution >= 0.6 is 23.2 Å². The number of rotatable bonds is 6. The maximum absolute atomic E-state index is 11.9. The minimum absolute atomic E-state index is 0.0890. The van der Waals surface area contributed by atoms with E-state index in [1.807, 2.05) is 0 Å². The van der Waals surface area contributed by atoms with Gasteiger partial charge in [0.1, 0.15) is 0 Å². The van der Waals surface area contributed by atoms with Gasteiger partial charge in [-0.05, 0) is 18.2 Å². The first-order chi connectivity index (χ1) is 8.77. The number of aliphatic carboxylic acids is 1. The van der Waals surface area contributed by atoms with Crippen molar-refractivity contribution in [3.8, 4) is 0 Å². The lowest BCUT2D eigenvalue weighted by Crippen LogP contribution is -2.37. The Morgan fingerprint density at radius 1 is 1.42 bits per heavy atom. The smallest absolute Gasteiger partial charge is 0.334 e. The average Bonchev–Trinajstić information content (AvgIpc) is 2.32. The van der Waals surface area contributed by atoms with Crippen molar-refractivity contribution >= 4 is 39.2 Å². The zero-order valence-corrected chi connectivity index (χ0v) is 12.1. The number of carboxylic acid groups (broad SMARTS) is 1. The van der Waals surface area contributed by atoms with Crippen molar-refractivity contribution in [2.45, 2.75) is 11.0 Å².